The first-order valence-corrected chi connectivity index (χ1v) is 8.13. The predicted molar refractivity (Wildman–Crippen MR) is 95.0 cm³/mol. The number of hydrazone groups is 1. The molecule has 7 heteroatoms. The van der Waals surface area contributed by atoms with Crippen molar-refractivity contribution < 1.29 is 0 Å². The van der Waals surface area contributed by atoms with Crippen LogP contribution < -0.4 is 5.43 Å². The summed E-state index contributed by atoms with van der Waals surface area (Å²) in [5.74, 6) is 1.28. The first-order chi connectivity index (χ1) is 10.4. The first kappa shape index (κ1) is 17.3. The number of para-hydroxylation sites is 1. The Morgan fingerprint density at radius 3 is 2.64 bits per heavy atom. The smallest absolute Gasteiger partial charge is 0.250 e. The molecule has 0 atom stereocenters. The second kappa shape index (κ2) is 7.44. The van der Waals surface area contributed by atoms with Gasteiger partial charge in [-0.05, 0) is 30.9 Å². The fourth-order valence-corrected chi connectivity index (χ4v) is 2.12. The zero-order valence-corrected chi connectivity index (χ0v) is 14.6. The van der Waals surface area contributed by atoms with E-state index in [2.05, 4.69) is 34.3 Å². The summed E-state index contributed by atoms with van der Waals surface area (Å²) in [4.78, 5) is 8.55. The van der Waals surface area contributed by atoms with E-state index >= 15 is 0 Å². The van der Waals surface area contributed by atoms with Gasteiger partial charge < -0.3 is 0 Å². The highest BCUT2D eigenvalue weighted by Gasteiger charge is 2.27. The van der Waals surface area contributed by atoms with E-state index in [1.54, 1.807) is 0 Å². The van der Waals surface area contributed by atoms with Crippen LogP contribution in [0.1, 0.15) is 32.5 Å². The quantitative estimate of drug-likeness (QED) is 0.448. The van der Waals surface area contributed by atoms with Gasteiger partial charge in [0, 0.05) is 11.6 Å². The lowest BCUT2D eigenvalue weighted by Crippen LogP contribution is -2.09. The molecule has 0 aliphatic carbocycles. The Balaban J connectivity index is 2.27. The van der Waals surface area contributed by atoms with Gasteiger partial charge in [-0.2, -0.15) is 5.10 Å². The molecular weight excluding hydrogens is 343 g/mol. The molecular formula is C15H17Cl3N4. The number of alkyl halides is 3. The lowest BCUT2D eigenvalue weighted by atomic mass is 10.1. The summed E-state index contributed by atoms with van der Waals surface area (Å²) >= 11 is 17.7. The molecule has 0 unspecified atom stereocenters. The van der Waals surface area contributed by atoms with Crippen LogP contribution in [-0.2, 0) is 3.79 Å². The number of halogens is 3. The van der Waals surface area contributed by atoms with Crippen molar-refractivity contribution in [2.24, 2.45) is 11.0 Å². The Morgan fingerprint density at radius 2 is 1.95 bits per heavy atom. The van der Waals surface area contributed by atoms with Crippen molar-refractivity contribution in [1.29, 1.82) is 0 Å². The maximum Gasteiger partial charge on any atom is 0.250 e. The molecule has 4 nitrogen and oxygen atoms in total. The number of aromatic nitrogens is 2. The minimum Gasteiger partial charge on any atom is -0.261 e. The molecule has 0 bridgehead atoms. The van der Waals surface area contributed by atoms with Crippen LogP contribution in [-0.4, -0.2) is 16.2 Å². The van der Waals surface area contributed by atoms with E-state index in [4.69, 9.17) is 34.8 Å². The molecule has 0 amide bonds. The van der Waals surface area contributed by atoms with E-state index in [9.17, 15) is 0 Å². The van der Waals surface area contributed by atoms with E-state index in [0.717, 1.165) is 18.2 Å². The Morgan fingerprint density at radius 1 is 1.23 bits per heavy atom. The monoisotopic (exact) mass is 358 g/mol. The number of fused-ring (bicyclic) bond motifs is 1. The third kappa shape index (κ3) is 4.70. The molecule has 0 fully saturated rings. The fourth-order valence-electron chi connectivity index (χ4n) is 1.87. The molecule has 118 valence electrons. The highest BCUT2D eigenvalue weighted by molar-refractivity contribution is 6.66. The minimum absolute atomic E-state index is 0.121. The summed E-state index contributed by atoms with van der Waals surface area (Å²) < 4.78 is -1.68. The third-order valence-electron chi connectivity index (χ3n) is 2.99. The van der Waals surface area contributed by atoms with Gasteiger partial charge in [0.1, 0.15) is 0 Å². The Hall–Kier alpha value is -1.10. The molecule has 22 heavy (non-hydrogen) atoms. The number of rotatable bonds is 5. The highest BCUT2D eigenvalue weighted by Crippen LogP contribution is 2.37. The number of nitrogens with one attached hydrogen (secondary N) is 1. The molecule has 1 N–H and O–H groups in total. The van der Waals surface area contributed by atoms with Gasteiger partial charge in [0.05, 0.1) is 5.52 Å². The molecule has 0 spiro atoms. The van der Waals surface area contributed by atoms with Crippen molar-refractivity contribution in [3.05, 3.63) is 30.1 Å². The van der Waals surface area contributed by atoms with Crippen LogP contribution in [0.2, 0.25) is 0 Å². The molecule has 1 heterocycles. The standard InChI is InChI=1S/C15H17Cl3N4/c1-10(2)6-5-9-19-22-13-11-7-3-4-8-12(11)20-14(21-13)15(16,17)18/h3-4,7-10H,5-6H2,1-2H3,(H,20,21,22)/b19-9+. The normalized spacial score (nSPS) is 12.5. The summed E-state index contributed by atoms with van der Waals surface area (Å²) in [6.45, 7) is 4.35. The van der Waals surface area contributed by atoms with Crippen molar-refractivity contribution in [2.75, 3.05) is 5.43 Å². The van der Waals surface area contributed by atoms with Gasteiger partial charge in [-0.3, -0.25) is 5.43 Å². The lowest BCUT2D eigenvalue weighted by Gasteiger charge is -2.12. The van der Waals surface area contributed by atoms with E-state index < -0.39 is 3.79 Å². The van der Waals surface area contributed by atoms with E-state index in [-0.39, 0.29) is 5.82 Å². The molecule has 2 aromatic rings. The molecule has 0 aliphatic rings. The molecule has 2 rings (SSSR count). The van der Waals surface area contributed by atoms with Crippen LogP contribution in [0.4, 0.5) is 5.82 Å². The average Bonchev–Trinajstić information content (AvgIpc) is 2.45. The van der Waals surface area contributed by atoms with Crippen LogP contribution in [0.5, 0.6) is 0 Å². The van der Waals surface area contributed by atoms with Gasteiger partial charge in [-0.15, -0.1) is 0 Å². The van der Waals surface area contributed by atoms with E-state index in [1.807, 2.05) is 30.5 Å². The maximum atomic E-state index is 5.89. The number of hydrogen-bond acceptors (Lipinski definition) is 4. The lowest BCUT2D eigenvalue weighted by molar-refractivity contribution is 0.606. The number of hydrogen-bond donors (Lipinski definition) is 1. The van der Waals surface area contributed by atoms with Crippen molar-refractivity contribution in [2.45, 2.75) is 30.5 Å². The summed E-state index contributed by atoms with van der Waals surface area (Å²) in [5, 5.41) is 5.01. The van der Waals surface area contributed by atoms with Gasteiger partial charge in [0.2, 0.25) is 3.79 Å². The molecule has 0 saturated heterocycles. The topological polar surface area (TPSA) is 50.2 Å². The molecule has 1 aromatic heterocycles. The number of anilines is 1. The van der Waals surface area contributed by atoms with Crippen LogP contribution in [0.25, 0.3) is 10.9 Å². The van der Waals surface area contributed by atoms with Gasteiger partial charge in [0.15, 0.2) is 11.6 Å². The van der Waals surface area contributed by atoms with Crippen LogP contribution in [0, 0.1) is 5.92 Å². The van der Waals surface area contributed by atoms with Gasteiger partial charge in [0.25, 0.3) is 0 Å². The van der Waals surface area contributed by atoms with Crippen molar-refractivity contribution in [3.63, 3.8) is 0 Å². The summed E-state index contributed by atoms with van der Waals surface area (Å²) in [6, 6.07) is 7.50. The number of benzene rings is 1. The van der Waals surface area contributed by atoms with Crippen molar-refractivity contribution in [1.82, 2.24) is 9.97 Å². The van der Waals surface area contributed by atoms with Crippen LogP contribution in [0.15, 0.2) is 29.4 Å². The first-order valence-electron chi connectivity index (χ1n) is 6.99. The van der Waals surface area contributed by atoms with Crippen molar-refractivity contribution in [3.8, 4) is 0 Å². The summed E-state index contributed by atoms with van der Waals surface area (Å²) in [6.07, 6.45) is 3.80. The molecule has 0 aliphatic heterocycles. The van der Waals surface area contributed by atoms with Crippen molar-refractivity contribution >= 4 is 57.7 Å². The zero-order chi connectivity index (χ0) is 16.2. The highest BCUT2D eigenvalue weighted by atomic mass is 35.6. The zero-order valence-electron chi connectivity index (χ0n) is 12.4. The fraction of sp³-hybridized carbons (Fsp3) is 0.400. The third-order valence-corrected chi connectivity index (χ3v) is 3.50. The number of nitrogens with zero attached hydrogens (tertiary/aromatic N) is 3. The van der Waals surface area contributed by atoms with Gasteiger partial charge >= 0.3 is 0 Å². The Bertz CT molecular complexity index is 665. The van der Waals surface area contributed by atoms with E-state index in [0.29, 0.717) is 17.3 Å². The molecule has 0 saturated carbocycles. The summed E-state index contributed by atoms with van der Waals surface area (Å²) in [5.41, 5.74) is 3.61. The van der Waals surface area contributed by atoms with Gasteiger partial charge in [-0.1, -0.05) is 60.8 Å². The predicted octanol–water partition coefficient (Wildman–Crippen LogP) is 5.29. The largest absolute Gasteiger partial charge is 0.261 e. The molecule has 1 aromatic carbocycles. The maximum absolute atomic E-state index is 5.89. The average molecular weight is 360 g/mol. The Labute approximate surface area is 144 Å². The van der Waals surface area contributed by atoms with Crippen LogP contribution >= 0.6 is 34.8 Å². The molecule has 0 radical (unpaired) electrons. The Kier molecular flexibility index (Phi) is 5.84. The van der Waals surface area contributed by atoms with Crippen LogP contribution in [0.3, 0.4) is 0 Å². The minimum atomic E-state index is -1.68. The van der Waals surface area contributed by atoms with Gasteiger partial charge in [-0.25, -0.2) is 9.97 Å². The summed E-state index contributed by atoms with van der Waals surface area (Å²) in [7, 11) is 0. The second-order valence-electron chi connectivity index (χ2n) is 5.31. The SMILES string of the molecule is CC(C)CC/C=N/Nc1nc(C(Cl)(Cl)Cl)nc2ccccc12. The van der Waals surface area contributed by atoms with E-state index in [1.165, 1.54) is 0 Å². The second-order valence-corrected chi connectivity index (χ2v) is 7.59.